The van der Waals surface area contributed by atoms with Crippen LogP contribution in [0.3, 0.4) is 0 Å². The number of hydrogen-bond acceptors (Lipinski definition) is 5. The standard InChI is InChI=1S/C20H19FN3O4PS/c1-20(2,29(26,27)28)14-5-9-16(10-6-14)22-18(25)12-11-17-19(30-24-23-17)13-3-7-15(21)8-4-13/h3-12H,1-2H3,(H,22,25)(H2,26,27,28)/b12-11+. The maximum absolute atomic E-state index is 13.1. The SMILES string of the molecule is CC(C)(c1ccc(NC(=O)/C=C/c2nnsc2-c2ccc(F)cc2)cc1)P(=O)(O)O. The average molecular weight is 447 g/mol. The van der Waals surface area contributed by atoms with E-state index in [1.54, 1.807) is 36.4 Å². The van der Waals surface area contributed by atoms with Crippen LogP contribution in [0.5, 0.6) is 0 Å². The molecule has 0 saturated carbocycles. The summed E-state index contributed by atoms with van der Waals surface area (Å²) >= 11 is 1.14. The summed E-state index contributed by atoms with van der Waals surface area (Å²) in [7, 11) is -4.34. The van der Waals surface area contributed by atoms with Crippen LogP contribution in [-0.4, -0.2) is 25.3 Å². The van der Waals surface area contributed by atoms with Crippen molar-refractivity contribution in [2.24, 2.45) is 0 Å². The van der Waals surface area contributed by atoms with Crippen molar-refractivity contribution < 1.29 is 23.5 Å². The van der Waals surface area contributed by atoms with E-state index in [4.69, 9.17) is 0 Å². The van der Waals surface area contributed by atoms with Crippen LogP contribution in [-0.2, 0) is 14.5 Å². The van der Waals surface area contributed by atoms with E-state index in [2.05, 4.69) is 14.9 Å². The van der Waals surface area contributed by atoms with Crippen LogP contribution in [0.2, 0.25) is 0 Å². The Balaban J connectivity index is 1.70. The minimum Gasteiger partial charge on any atom is -0.324 e. The average Bonchev–Trinajstić information content (AvgIpc) is 3.15. The number of halogens is 1. The Labute approximate surface area is 176 Å². The zero-order valence-corrected chi connectivity index (χ0v) is 17.8. The molecule has 0 aliphatic heterocycles. The molecule has 156 valence electrons. The van der Waals surface area contributed by atoms with Crippen LogP contribution >= 0.6 is 19.1 Å². The summed E-state index contributed by atoms with van der Waals surface area (Å²) in [6.45, 7) is 2.93. The number of amides is 1. The molecule has 30 heavy (non-hydrogen) atoms. The van der Waals surface area contributed by atoms with Crippen molar-refractivity contribution in [2.45, 2.75) is 19.0 Å². The summed E-state index contributed by atoms with van der Waals surface area (Å²) in [5.41, 5.74) is 2.17. The van der Waals surface area contributed by atoms with E-state index >= 15 is 0 Å². The minimum absolute atomic E-state index is 0.345. The minimum atomic E-state index is -4.34. The molecule has 3 rings (SSSR count). The number of anilines is 1. The number of aromatic nitrogens is 2. The van der Waals surface area contributed by atoms with Gasteiger partial charge in [-0.3, -0.25) is 9.36 Å². The first-order chi connectivity index (χ1) is 14.1. The van der Waals surface area contributed by atoms with Gasteiger partial charge in [-0.25, -0.2) is 4.39 Å². The Morgan fingerprint density at radius 3 is 2.37 bits per heavy atom. The topological polar surface area (TPSA) is 112 Å². The Morgan fingerprint density at radius 2 is 1.77 bits per heavy atom. The Kier molecular flexibility index (Phi) is 6.28. The van der Waals surface area contributed by atoms with Crippen molar-refractivity contribution in [1.29, 1.82) is 0 Å². The number of benzene rings is 2. The third-order valence-electron chi connectivity index (χ3n) is 4.60. The summed E-state index contributed by atoms with van der Waals surface area (Å²) in [4.78, 5) is 31.9. The monoisotopic (exact) mass is 447 g/mol. The molecule has 3 N–H and O–H groups in total. The second kappa shape index (κ2) is 8.57. The molecule has 7 nitrogen and oxygen atoms in total. The fraction of sp³-hybridized carbons (Fsp3) is 0.150. The van der Waals surface area contributed by atoms with Crippen LogP contribution in [0.1, 0.15) is 25.1 Å². The maximum atomic E-state index is 13.1. The first kappa shape index (κ1) is 22.0. The zero-order valence-electron chi connectivity index (χ0n) is 16.1. The number of hydrogen-bond donors (Lipinski definition) is 3. The van der Waals surface area contributed by atoms with Gasteiger partial charge in [0, 0.05) is 11.8 Å². The van der Waals surface area contributed by atoms with E-state index < -0.39 is 18.7 Å². The van der Waals surface area contributed by atoms with Gasteiger partial charge in [-0.1, -0.05) is 28.8 Å². The van der Waals surface area contributed by atoms with Crippen molar-refractivity contribution in [3.05, 3.63) is 71.7 Å². The van der Waals surface area contributed by atoms with Crippen molar-refractivity contribution in [1.82, 2.24) is 9.59 Å². The number of rotatable bonds is 6. The van der Waals surface area contributed by atoms with Gasteiger partial charge in [0.25, 0.3) is 0 Å². The second-order valence-electron chi connectivity index (χ2n) is 7.00. The molecule has 0 bridgehead atoms. The van der Waals surface area contributed by atoms with Crippen LogP contribution in [0.4, 0.5) is 10.1 Å². The predicted octanol–water partition coefficient (Wildman–Crippen LogP) is 4.41. The molecule has 0 saturated heterocycles. The molecule has 1 aromatic heterocycles. The molecule has 0 aliphatic carbocycles. The molecule has 1 heterocycles. The van der Waals surface area contributed by atoms with Gasteiger partial charge in [-0.2, -0.15) is 0 Å². The van der Waals surface area contributed by atoms with Crippen molar-refractivity contribution in [2.75, 3.05) is 5.32 Å². The third-order valence-corrected chi connectivity index (χ3v) is 7.10. The first-order valence-electron chi connectivity index (χ1n) is 8.81. The third kappa shape index (κ3) is 4.88. The molecule has 10 heteroatoms. The number of carbonyl (C=O) groups excluding carboxylic acids is 1. The largest absolute Gasteiger partial charge is 0.335 e. The molecule has 2 aromatic carbocycles. The molecule has 0 unspecified atom stereocenters. The van der Waals surface area contributed by atoms with Gasteiger partial charge in [0.15, 0.2) is 0 Å². The van der Waals surface area contributed by atoms with Crippen molar-refractivity contribution in [3.63, 3.8) is 0 Å². The van der Waals surface area contributed by atoms with Crippen LogP contribution < -0.4 is 5.32 Å². The van der Waals surface area contributed by atoms with Crippen molar-refractivity contribution >= 4 is 36.8 Å². The molecule has 0 spiro atoms. The second-order valence-corrected chi connectivity index (χ2v) is 9.96. The van der Waals surface area contributed by atoms with Gasteiger partial charge >= 0.3 is 7.60 Å². The predicted molar refractivity (Wildman–Crippen MR) is 114 cm³/mol. The lowest BCUT2D eigenvalue weighted by atomic mass is 10.0. The molecule has 1 amide bonds. The summed E-state index contributed by atoms with van der Waals surface area (Å²) in [5, 5.41) is 5.33. The van der Waals surface area contributed by atoms with Crippen LogP contribution in [0, 0.1) is 5.82 Å². The lowest BCUT2D eigenvalue weighted by Gasteiger charge is -2.26. The highest BCUT2D eigenvalue weighted by Gasteiger charge is 2.39. The fourth-order valence-corrected chi connectivity index (χ4v) is 3.72. The molecule has 0 aliphatic rings. The van der Waals surface area contributed by atoms with Crippen LogP contribution in [0.25, 0.3) is 16.5 Å². The van der Waals surface area contributed by atoms with Gasteiger partial charge in [0.2, 0.25) is 5.91 Å². The highest BCUT2D eigenvalue weighted by atomic mass is 32.1. The van der Waals surface area contributed by atoms with Crippen LogP contribution in [0.15, 0.2) is 54.6 Å². The summed E-state index contributed by atoms with van der Waals surface area (Å²) in [6, 6.07) is 12.2. The maximum Gasteiger partial charge on any atom is 0.335 e. The lowest BCUT2D eigenvalue weighted by Crippen LogP contribution is -2.17. The Bertz CT molecular complexity index is 1120. The van der Waals surface area contributed by atoms with E-state index in [9.17, 15) is 23.5 Å². The molecule has 0 atom stereocenters. The highest BCUT2D eigenvalue weighted by molar-refractivity contribution is 7.53. The van der Waals surface area contributed by atoms with E-state index in [1.165, 1.54) is 38.1 Å². The van der Waals surface area contributed by atoms with Crippen molar-refractivity contribution in [3.8, 4) is 10.4 Å². The van der Waals surface area contributed by atoms with Gasteiger partial charge in [-0.15, -0.1) is 5.10 Å². The molecular weight excluding hydrogens is 428 g/mol. The number of nitrogens with one attached hydrogen (secondary N) is 1. The van der Waals surface area contributed by atoms with Gasteiger partial charge in [0.05, 0.1) is 10.0 Å². The first-order valence-corrected chi connectivity index (χ1v) is 11.2. The smallest absolute Gasteiger partial charge is 0.324 e. The summed E-state index contributed by atoms with van der Waals surface area (Å²) in [6.07, 6.45) is 2.82. The molecular formula is C20H19FN3O4PS. The Morgan fingerprint density at radius 1 is 1.13 bits per heavy atom. The summed E-state index contributed by atoms with van der Waals surface area (Å²) < 4.78 is 28.6. The number of carbonyl (C=O) groups is 1. The van der Waals surface area contributed by atoms with Gasteiger partial charge < -0.3 is 15.1 Å². The fourth-order valence-electron chi connectivity index (χ4n) is 2.58. The van der Waals surface area contributed by atoms with Gasteiger partial charge in [0.1, 0.15) is 11.5 Å². The molecule has 0 fully saturated rings. The van der Waals surface area contributed by atoms with E-state index in [0.717, 1.165) is 17.1 Å². The highest BCUT2D eigenvalue weighted by Crippen LogP contribution is 2.56. The van der Waals surface area contributed by atoms with E-state index in [-0.39, 0.29) is 5.82 Å². The van der Waals surface area contributed by atoms with E-state index in [1.807, 2.05) is 0 Å². The van der Waals surface area contributed by atoms with Gasteiger partial charge in [-0.05, 0) is 66.8 Å². The molecule has 3 aromatic rings. The number of nitrogens with zero attached hydrogens (tertiary/aromatic N) is 2. The van der Waals surface area contributed by atoms with E-state index in [0.29, 0.717) is 21.8 Å². The quantitative estimate of drug-likeness (QED) is 0.381. The Hall–Kier alpha value is -2.71. The summed E-state index contributed by atoms with van der Waals surface area (Å²) in [5.74, 6) is -0.752. The molecule has 0 radical (unpaired) electrons. The zero-order chi connectivity index (χ0) is 21.9. The normalized spacial score (nSPS) is 12.3. The lowest BCUT2D eigenvalue weighted by molar-refractivity contribution is -0.111.